The molecule has 2 N–H and O–H groups in total. The van der Waals surface area contributed by atoms with Gasteiger partial charge in [0.05, 0.1) is 20.6 Å². The van der Waals surface area contributed by atoms with Crippen LogP contribution in [0.15, 0.2) is 72.3 Å². The topological polar surface area (TPSA) is 177 Å². The summed E-state index contributed by atoms with van der Waals surface area (Å²) in [6.07, 6.45) is 1.05. The molecule has 37 heavy (non-hydrogen) atoms. The number of hydrogen-bond acceptors (Lipinski definition) is 8. The number of non-ortho nitro benzene ring substituents is 2. The van der Waals surface area contributed by atoms with Crippen LogP contribution in [-0.4, -0.2) is 28.3 Å². The lowest BCUT2D eigenvalue weighted by molar-refractivity contribution is -0.385. The second-order valence-electron chi connectivity index (χ2n) is 7.23. The van der Waals surface area contributed by atoms with E-state index in [1.807, 2.05) is 0 Å². The number of carbonyl (C=O) groups is 2. The van der Waals surface area contributed by atoms with E-state index in [4.69, 9.17) is 16.3 Å². The average molecular weight is 522 g/mol. The van der Waals surface area contributed by atoms with E-state index in [0.717, 1.165) is 30.3 Å². The first-order valence-corrected chi connectivity index (χ1v) is 10.7. The first-order valence-electron chi connectivity index (χ1n) is 10.3. The number of halogens is 1. The Labute approximate surface area is 214 Å². The predicted molar refractivity (Wildman–Crippen MR) is 134 cm³/mol. The highest BCUT2D eigenvalue weighted by Crippen LogP contribution is 2.29. The number of amides is 2. The van der Waals surface area contributed by atoms with Gasteiger partial charge in [0.15, 0.2) is 6.61 Å². The fraction of sp³-hybridized carbons (Fsp3) is 0.0417. The van der Waals surface area contributed by atoms with Gasteiger partial charge >= 0.3 is 0 Å². The lowest BCUT2D eigenvalue weighted by Gasteiger charge is -2.11. The van der Waals surface area contributed by atoms with Crippen LogP contribution in [0.4, 0.5) is 22.7 Å². The molecule has 0 atom stereocenters. The Morgan fingerprint density at radius 2 is 1.62 bits per heavy atom. The molecule has 13 heteroatoms. The van der Waals surface area contributed by atoms with Crippen LogP contribution < -0.4 is 15.4 Å². The Balaban J connectivity index is 1.84. The molecule has 0 fully saturated rings. The van der Waals surface area contributed by atoms with Crippen LogP contribution >= 0.6 is 11.6 Å². The smallest absolute Gasteiger partial charge is 0.271 e. The van der Waals surface area contributed by atoms with E-state index < -0.39 is 33.8 Å². The van der Waals surface area contributed by atoms with Crippen molar-refractivity contribution in [1.29, 1.82) is 5.26 Å². The molecule has 3 aromatic carbocycles. The quantitative estimate of drug-likeness (QED) is 0.176. The molecule has 0 aromatic heterocycles. The van der Waals surface area contributed by atoms with Crippen molar-refractivity contribution >= 4 is 52.2 Å². The van der Waals surface area contributed by atoms with E-state index in [1.165, 1.54) is 12.1 Å². The number of anilines is 2. The number of rotatable bonds is 9. The van der Waals surface area contributed by atoms with Gasteiger partial charge in [0, 0.05) is 35.5 Å². The fourth-order valence-electron chi connectivity index (χ4n) is 2.97. The number of hydrogen-bond donors (Lipinski definition) is 2. The fourth-order valence-corrected chi connectivity index (χ4v) is 3.19. The highest BCUT2D eigenvalue weighted by atomic mass is 35.5. The Bertz CT molecular complexity index is 1450. The van der Waals surface area contributed by atoms with Crippen molar-refractivity contribution in [2.45, 2.75) is 0 Å². The number of ether oxygens (including phenoxy) is 1. The largest absolute Gasteiger partial charge is 0.483 e. The molecule has 2 amide bonds. The van der Waals surface area contributed by atoms with Crippen LogP contribution in [0.3, 0.4) is 0 Å². The predicted octanol–water partition coefficient (Wildman–Crippen LogP) is 4.72. The number of nitrogens with one attached hydrogen (secondary N) is 2. The zero-order valence-electron chi connectivity index (χ0n) is 18.7. The van der Waals surface area contributed by atoms with Crippen molar-refractivity contribution in [3.8, 4) is 11.8 Å². The summed E-state index contributed by atoms with van der Waals surface area (Å²) in [6.45, 7) is -0.458. The first kappa shape index (κ1) is 26.3. The lowest BCUT2D eigenvalue weighted by Crippen LogP contribution is -2.20. The SMILES string of the molecule is N#C/C(=C\c1cc([N+](=O)[O-])ccc1OCC(=O)Nc1ccccc1)C(=O)Nc1ccc([N+](=O)[O-])cc1Cl. The van der Waals surface area contributed by atoms with Crippen molar-refractivity contribution in [2.24, 2.45) is 0 Å². The van der Waals surface area contributed by atoms with Gasteiger partial charge in [-0.3, -0.25) is 29.8 Å². The molecule has 0 spiro atoms. The van der Waals surface area contributed by atoms with Crippen LogP contribution in [0.25, 0.3) is 6.08 Å². The Morgan fingerprint density at radius 1 is 0.973 bits per heavy atom. The summed E-state index contributed by atoms with van der Waals surface area (Å²) in [5, 5.41) is 36.5. The van der Waals surface area contributed by atoms with Gasteiger partial charge in [-0.05, 0) is 30.3 Å². The van der Waals surface area contributed by atoms with Crippen LogP contribution in [0, 0.1) is 31.6 Å². The van der Waals surface area contributed by atoms with E-state index in [1.54, 1.807) is 36.4 Å². The molecule has 0 saturated heterocycles. The molecular formula is C24H16ClN5O7. The minimum absolute atomic E-state index is 0.00253. The molecule has 0 aliphatic rings. The third-order valence-corrected chi connectivity index (χ3v) is 5.01. The van der Waals surface area contributed by atoms with Crippen LogP contribution in [-0.2, 0) is 9.59 Å². The maximum absolute atomic E-state index is 12.7. The van der Waals surface area contributed by atoms with E-state index >= 15 is 0 Å². The lowest BCUT2D eigenvalue weighted by atomic mass is 10.1. The Hall–Kier alpha value is -5.28. The number of para-hydroxylation sites is 1. The van der Waals surface area contributed by atoms with Crippen LogP contribution in [0.5, 0.6) is 5.75 Å². The van der Waals surface area contributed by atoms with E-state index in [2.05, 4.69) is 10.6 Å². The number of nitro benzene ring substituents is 2. The van der Waals surface area contributed by atoms with Gasteiger partial charge in [-0.25, -0.2) is 0 Å². The van der Waals surface area contributed by atoms with Gasteiger partial charge in [-0.2, -0.15) is 5.26 Å². The van der Waals surface area contributed by atoms with Crippen molar-refractivity contribution in [1.82, 2.24) is 0 Å². The van der Waals surface area contributed by atoms with E-state index in [9.17, 15) is 35.1 Å². The van der Waals surface area contributed by atoms with Gasteiger partial charge in [-0.15, -0.1) is 0 Å². The van der Waals surface area contributed by atoms with Gasteiger partial charge in [0.2, 0.25) is 0 Å². The molecule has 3 aromatic rings. The van der Waals surface area contributed by atoms with Crippen molar-refractivity contribution < 1.29 is 24.2 Å². The highest BCUT2D eigenvalue weighted by Gasteiger charge is 2.17. The van der Waals surface area contributed by atoms with E-state index in [0.29, 0.717) is 5.69 Å². The van der Waals surface area contributed by atoms with Crippen LogP contribution in [0.2, 0.25) is 5.02 Å². The second-order valence-corrected chi connectivity index (χ2v) is 7.63. The standard InChI is InChI=1S/C24H16ClN5O7/c25-20-12-19(30(35)36)6-8-21(20)28-24(32)16(13-26)10-15-11-18(29(33)34)7-9-22(15)37-14-23(31)27-17-4-2-1-3-5-17/h1-12H,14H2,(H,27,31)(H,28,32)/b16-10+. The summed E-state index contributed by atoms with van der Waals surface area (Å²) in [5.41, 5.74) is -0.589. The summed E-state index contributed by atoms with van der Waals surface area (Å²) >= 11 is 5.98. The zero-order valence-corrected chi connectivity index (χ0v) is 19.5. The number of carbonyl (C=O) groups excluding carboxylic acids is 2. The summed E-state index contributed by atoms with van der Waals surface area (Å²) in [4.78, 5) is 45.7. The highest BCUT2D eigenvalue weighted by molar-refractivity contribution is 6.34. The van der Waals surface area contributed by atoms with Crippen LogP contribution in [0.1, 0.15) is 5.56 Å². The Kier molecular flexibility index (Phi) is 8.48. The minimum Gasteiger partial charge on any atom is -0.483 e. The molecule has 0 bridgehead atoms. The Morgan fingerprint density at radius 3 is 2.24 bits per heavy atom. The van der Waals surface area contributed by atoms with Crippen molar-refractivity contribution in [2.75, 3.05) is 17.2 Å². The number of benzene rings is 3. The number of nitrogens with zero attached hydrogens (tertiary/aromatic N) is 3. The summed E-state index contributed by atoms with van der Waals surface area (Å²) < 4.78 is 5.50. The second kappa shape index (κ2) is 11.9. The molecule has 0 aliphatic heterocycles. The van der Waals surface area contributed by atoms with Gasteiger partial charge < -0.3 is 15.4 Å². The monoisotopic (exact) mass is 521 g/mol. The van der Waals surface area contributed by atoms with E-state index in [-0.39, 0.29) is 33.4 Å². The number of nitriles is 1. The molecule has 0 aliphatic carbocycles. The summed E-state index contributed by atoms with van der Waals surface area (Å²) in [5.74, 6) is -1.44. The minimum atomic E-state index is -0.933. The van der Waals surface area contributed by atoms with Gasteiger partial charge in [0.1, 0.15) is 17.4 Å². The van der Waals surface area contributed by atoms with Crippen molar-refractivity contribution in [3.63, 3.8) is 0 Å². The number of nitro groups is 2. The van der Waals surface area contributed by atoms with Crippen molar-refractivity contribution in [3.05, 3.63) is 103 Å². The van der Waals surface area contributed by atoms with Gasteiger partial charge in [-0.1, -0.05) is 29.8 Å². The molecule has 0 unspecified atom stereocenters. The molecule has 3 rings (SSSR count). The molecule has 0 saturated carbocycles. The third-order valence-electron chi connectivity index (χ3n) is 4.70. The van der Waals surface area contributed by atoms with Gasteiger partial charge in [0.25, 0.3) is 23.2 Å². The molecule has 0 heterocycles. The maximum Gasteiger partial charge on any atom is 0.271 e. The maximum atomic E-state index is 12.7. The third kappa shape index (κ3) is 7.10. The molecule has 186 valence electrons. The first-order chi connectivity index (χ1) is 17.7. The summed E-state index contributed by atoms with van der Waals surface area (Å²) in [6, 6.07) is 17.1. The molecule has 12 nitrogen and oxygen atoms in total. The molecular weight excluding hydrogens is 506 g/mol. The zero-order chi connectivity index (χ0) is 26.9. The average Bonchev–Trinajstić information content (AvgIpc) is 2.87. The summed E-state index contributed by atoms with van der Waals surface area (Å²) in [7, 11) is 0. The normalized spacial score (nSPS) is 10.6. The molecule has 0 radical (unpaired) electrons.